The number of halogens is 3. The Labute approximate surface area is 162 Å². The van der Waals surface area contributed by atoms with Gasteiger partial charge in [0.05, 0.1) is 24.4 Å². The SMILES string of the molecule is COc1cccc(C(O)CN2CCC(O)(c3cccc(C(F)(F)F)c3)CC2)c1. The fraction of sp³-hybridized carbons (Fsp3) is 0.429. The van der Waals surface area contributed by atoms with Gasteiger partial charge in [-0.25, -0.2) is 0 Å². The van der Waals surface area contributed by atoms with Crippen LogP contribution in [0.15, 0.2) is 48.5 Å². The van der Waals surface area contributed by atoms with Gasteiger partial charge in [-0.2, -0.15) is 13.2 Å². The fourth-order valence-corrected chi connectivity index (χ4v) is 3.58. The summed E-state index contributed by atoms with van der Waals surface area (Å²) in [5, 5.41) is 21.4. The minimum absolute atomic E-state index is 0.287. The van der Waals surface area contributed by atoms with Crippen molar-refractivity contribution in [1.82, 2.24) is 4.90 Å². The summed E-state index contributed by atoms with van der Waals surface area (Å²) >= 11 is 0. The van der Waals surface area contributed by atoms with Gasteiger partial charge in [0.2, 0.25) is 0 Å². The Morgan fingerprint density at radius 3 is 2.43 bits per heavy atom. The van der Waals surface area contributed by atoms with Crippen molar-refractivity contribution in [3.05, 3.63) is 65.2 Å². The van der Waals surface area contributed by atoms with E-state index in [-0.39, 0.29) is 5.56 Å². The van der Waals surface area contributed by atoms with Crippen LogP contribution in [0.5, 0.6) is 5.75 Å². The van der Waals surface area contributed by atoms with E-state index in [0.29, 0.717) is 38.2 Å². The fourth-order valence-electron chi connectivity index (χ4n) is 3.58. The van der Waals surface area contributed by atoms with Crippen LogP contribution in [0.3, 0.4) is 0 Å². The van der Waals surface area contributed by atoms with Crippen molar-refractivity contribution in [2.24, 2.45) is 0 Å². The summed E-state index contributed by atoms with van der Waals surface area (Å²) in [5.74, 6) is 0.661. The summed E-state index contributed by atoms with van der Waals surface area (Å²) in [4.78, 5) is 2.01. The molecule has 28 heavy (non-hydrogen) atoms. The second kappa shape index (κ2) is 8.11. The number of benzene rings is 2. The summed E-state index contributed by atoms with van der Waals surface area (Å²) in [7, 11) is 1.56. The third-order valence-electron chi connectivity index (χ3n) is 5.32. The summed E-state index contributed by atoms with van der Waals surface area (Å²) in [6.07, 6.45) is -4.54. The van der Waals surface area contributed by atoms with Gasteiger partial charge in [-0.1, -0.05) is 24.3 Å². The molecule has 1 unspecified atom stereocenters. The molecule has 152 valence electrons. The predicted octanol–water partition coefficient (Wildman–Crippen LogP) is 3.73. The first kappa shape index (κ1) is 20.6. The maximum Gasteiger partial charge on any atom is 0.416 e. The summed E-state index contributed by atoms with van der Waals surface area (Å²) in [6, 6.07) is 12.1. The number of hydrogen-bond acceptors (Lipinski definition) is 4. The number of aliphatic hydroxyl groups is 2. The van der Waals surface area contributed by atoms with Crippen LogP contribution in [0, 0.1) is 0 Å². The Balaban J connectivity index is 1.63. The Kier molecular flexibility index (Phi) is 5.98. The average Bonchev–Trinajstić information content (AvgIpc) is 2.69. The van der Waals surface area contributed by atoms with Crippen LogP contribution in [0.25, 0.3) is 0 Å². The third-order valence-corrected chi connectivity index (χ3v) is 5.32. The van der Waals surface area contributed by atoms with Gasteiger partial charge in [0, 0.05) is 19.6 Å². The molecular weight excluding hydrogens is 371 g/mol. The van der Waals surface area contributed by atoms with Gasteiger partial charge < -0.3 is 19.8 Å². The lowest BCUT2D eigenvalue weighted by atomic mass is 9.83. The van der Waals surface area contributed by atoms with Gasteiger partial charge >= 0.3 is 6.18 Å². The highest BCUT2D eigenvalue weighted by atomic mass is 19.4. The normalized spacial score (nSPS) is 18.6. The summed E-state index contributed by atoms with van der Waals surface area (Å²) in [5.41, 5.74) is -1.03. The Morgan fingerprint density at radius 1 is 1.11 bits per heavy atom. The van der Waals surface area contributed by atoms with Crippen molar-refractivity contribution < 1.29 is 28.1 Å². The zero-order chi connectivity index (χ0) is 20.4. The van der Waals surface area contributed by atoms with E-state index < -0.39 is 23.4 Å². The number of alkyl halides is 3. The number of likely N-dealkylation sites (tertiary alicyclic amines) is 1. The molecule has 2 N–H and O–H groups in total. The maximum atomic E-state index is 13.0. The van der Waals surface area contributed by atoms with Gasteiger partial charge in [0.25, 0.3) is 0 Å². The van der Waals surface area contributed by atoms with E-state index in [1.54, 1.807) is 25.3 Å². The first-order valence-corrected chi connectivity index (χ1v) is 9.16. The standard InChI is InChI=1S/C21H24F3NO3/c1-28-18-7-2-4-15(12-18)19(26)14-25-10-8-20(27,9-11-25)16-5-3-6-17(13-16)21(22,23)24/h2-7,12-13,19,26-27H,8-11,14H2,1H3. The molecule has 1 fully saturated rings. The molecule has 0 aromatic heterocycles. The number of rotatable bonds is 5. The van der Waals surface area contributed by atoms with E-state index >= 15 is 0 Å². The smallest absolute Gasteiger partial charge is 0.416 e. The highest BCUT2D eigenvalue weighted by molar-refractivity contribution is 5.31. The Bertz CT molecular complexity index is 801. The van der Waals surface area contributed by atoms with E-state index in [4.69, 9.17) is 4.74 Å². The van der Waals surface area contributed by atoms with Gasteiger partial charge in [-0.15, -0.1) is 0 Å². The largest absolute Gasteiger partial charge is 0.497 e. The first-order valence-electron chi connectivity index (χ1n) is 9.16. The zero-order valence-electron chi connectivity index (χ0n) is 15.6. The molecule has 1 aliphatic rings. The van der Waals surface area contributed by atoms with Crippen molar-refractivity contribution >= 4 is 0 Å². The summed E-state index contributed by atoms with van der Waals surface area (Å²) in [6.45, 7) is 1.34. The minimum atomic E-state index is -4.44. The molecule has 1 heterocycles. The number of hydrogen-bond donors (Lipinski definition) is 2. The second-order valence-electron chi connectivity index (χ2n) is 7.20. The van der Waals surface area contributed by atoms with Crippen LogP contribution < -0.4 is 4.74 Å². The van der Waals surface area contributed by atoms with Gasteiger partial charge in [-0.05, 0) is 48.2 Å². The molecule has 1 aliphatic heterocycles. The first-order chi connectivity index (χ1) is 13.2. The molecule has 4 nitrogen and oxygen atoms in total. The molecule has 2 aromatic rings. The quantitative estimate of drug-likeness (QED) is 0.810. The highest BCUT2D eigenvalue weighted by Crippen LogP contribution is 2.37. The number of β-amino-alcohol motifs (C(OH)–C–C–N with tert-alkyl or cyclic N) is 1. The van der Waals surface area contributed by atoms with Crippen LogP contribution in [-0.4, -0.2) is 41.9 Å². The maximum absolute atomic E-state index is 13.0. The molecule has 1 atom stereocenters. The lowest BCUT2D eigenvalue weighted by Gasteiger charge is -2.39. The second-order valence-corrected chi connectivity index (χ2v) is 7.20. The number of nitrogens with zero attached hydrogens (tertiary/aromatic N) is 1. The zero-order valence-corrected chi connectivity index (χ0v) is 15.6. The predicted molar refractivity (Wildman–Crippen MR) is 99.0 cm³/mol. The van der Waals surface area contributed by atoms with Crippen LogP contribution in [-0.2, 0) is 11.8 Å². The molecular formula is C21H24F3NO3. The van der Waals surface area contributed by atoms with Crippen molar-refractivity contribution in [3.8, 4) is 5.75 Å². The van der Waals surface area contributed by atoms with Crippen molar-refractivity contribution in [1.29, 1.82) is 0 Å². The molecule has 3 rings (SSSR count). The molecule has 0 bridgehead atoms. The Hall–Kier alpha value is -2.09. The minimum Gasteiger partial charge on any atom is -0.497 e. The van der Waals surface area contributed by atoms with Crippen LogP contribution in [0.2, 0.25) is 0 Å². The van der Waals surface area contributed by atoms with Crippen molar-refractivity contribution in [3.63, 3.8) is 0 Å². The van der Waals surface area contributed by atoms with E-state index in [2.05, 4.69) is 0 Å². The molecule has 0 aliphatic carbocycles. The number of ether oxygens (including phenoxy) is 1. The topological polar surface area (TPSA) is 52.9 Å². The molecule has 0 spiro atoms. The molecule has 7 heteroatoms. The summed E-state index contributed by atoms with van der Waals surface area (Å²) < 4.78 is 44.0. The third kappa shape index (κ3) is 4.66. The highest BCUT2D eigenvalue weighted by Gasteiger charge is 2.37. The number of piperidine rings is 1. The van der Waals surface area contributed by atoms with E-state index in [1.807, 2.05) is 11.0 Å². The number of aliphatic hydroxyl groups excluding tert-OH is 1. The van der Waals surface area contributed by atoms with E-state index in [1.165, 1.54) is 12.1 Å². The average molecular weight is 395 g/mol. The van der Waals surface area contributed by atoms with Crippen LogP contribution in [0.4, 0.5) is 13.2 Å². The van der Waals surface area contributed by atoms with Crippen LogP contribution in [0.1, 0.15) is 35.6 Å². The van der Waals surface area contributed by atoms with Crippen molar-refractivity contribution in [2.45, 2.75) is 30.7 Å². The lowest BCUT2D eigenvalue weighted by Crippen LogP contribution is -2.44. The molecule has 0 saturated carbocycles. The monoisotopic (exact) mass is 395 g/mol. The number of methoxy groups -OCH3 is 1. The van der Waals surface area contributed by atoms with Gasteiger partial charge in [0.15, 0.2) is 0 Å². The van der Waals surface area contributed by atoms with E-state index in [0.717, 1.165) is 17.7 Å². The van der Waals surface area contributed by atoms with Gasteiger partial charge in [-0.3, -0.25) is 0 Å². The molecule has 2 aromatic carbocycles. The van der Waals surface area contributed by atoms with Crippen LogP contribution >= 0.6 is 0 Å². The Morgan fingerprint density at radius 2 is 1.79 bits per heavy atom. The van der Waals surface area contributed by atoms with E-state index in [9.17, 15) is 23.4 Å². The van der Waals surface area contributed by atoms with Gasteiger partial charge in [0.1, 0.15) is 5.75 Å². The molecule has 1 saturated heterocycles. The molecule has 0 radical (unpaired) electrons. The van der Waals surface area contributed by atoms with Crippen molar-refractivity contribution in [2.75, 3.05) is 26.7 Å². The molecule has 0 amide bonds. The lowest BCUT2D eigenvalue weighted by molar-refractivity contribution is -0.137.